The molecule has 0 fully saturated rings. The number of rotatable bonds is 9. The summed E-state index contributed by atoms with van der Waals surface area (Å²) in [7, 11) is 0. The Morgan fingerprint density at radius 2 is 0.825 bits per heavy atom. The predicted molar refractivity (Wildman–Crippen MR) is 163 cm³/mol. The van der Waals surface area contributed by atoms with Crippen molar-refractivity contribution in [2.24, 2.45) is 5.73 Å². The topological polar surface area (TPSA) is 134 Å². The minimum Gasteiger partial charge on any atom is -0.399 e. The van der Waals surface area contributed by atoms with Crippen LogP contribution in [0.3, 0.4) is 0 Å². The van der Waals surface area contributed by atoms with Crippen LogP contribution in [-0.4, -0.2) is 11.8 Å². The maximum absolute atomic E-state index is 12.5. The van der Waals surface area contributed by atoms with Crippen molar-refractivity contribution in [3.63, 3.8) is 0 Å². The zero-order valence-corrected chi connectivity index (χ0v) is 21.5. The van der Waals surface area contributed by atoms with E-state index in [4.69, 9.17) is 11.5 Å². The van der Waals surface area contributed by atoms with Crippen molar-refractivity contribution in [1.29, 1.82) is 0 Å². The third-order valence-electron chi connectivity index (χ3n) is 6.10. The number of nitrogens with two attached hydrogens (primary N) is 2. The molecule has 0 saturated heterocycles. The summed E-state index contributed by atoms with van der Waals surface area (Å²) in [6, 6.07) is 37.3. The molecule has 40 heavy (non-hydrogen) atoms. The maximum Gasteiger partial charge on any atom is 0.255 e. The number of carbonyl (C=O) groups is 2. The molecule has 8 heteroatoms. The number of benzene rings is 5. The molecule has 198 valence electrons. The van der Waals surface area contributed by atoms with Crippen LogP contribution in [0.5, 0.6) is 0 Å². The second kappa shape index (κ2) is 11.7. The van der Waals surface area contributed by atoms with E-state index >= 15 is 0 Å². The van der Waals surface area contributed by atoms with Gasteiger partial charge < -0.3 is 32.7 Å². The fourth-order valence-corrected chi connectivity index (χ4v) is 3.99. The summed E-state index contributed by atoms with van der Waals surface area (Å²) < 4.78 is 0. The van der Waals surface area contributed by atoms with Crippen molar-refractivity contribution in [3.8, 4) is 0 Å². The van der Waals surface area contributed by atoms with Gasteiger partial charge in [0.2, 0.25) is 5.91 Å². The summed E-state index contributed by atoms with van der Waals surface area (Å²) in [5.41, 5.74) is 18.8. The Kier molecular flexibility index (Phi) is 7.60. The highest BCUT2D eigenvalue weighted by molar-refractivity contribution is 6.06. The Morgan fingerprint density at radius 1 is 0.475 bits per heavy atom. The zero-order valence-electron chi connectivity index (χ0n) is 21.5. The number of carbonyl (C=O) groups excluding carboxylic acids is 2. The van der Waals surface area contributed by atoms with Crippen molar-refractivity contribution in [2.75, 3.05) is 27.0 Å². The van der Waals surface area contributed by atoms with E-state index in [1.807, 2.05) is 84.9 Å². The summed E-state index contributed by atoms with van der Waals surface area (Å²) in [6.07, 6.45) is 0. The normalized spacial score (nSPS) is 10.4. The molecule has 0 aliphatic heterocycles. The van der Waals surface area contributed by atoms with Crippen LogP contribution < -0.4 is 32.7 Å². The number of primary amides is 1. The number of hydrogen-bond donors (Lipinski definition) is 6. The van der Waals surface area contributed by atoms with Crippen molar-refractivity contribution >= 4 is 57.3 Å². The van der Waals surface area contributed by atoms with E-state index in [9.17, 15) is 9.59 Å². The summed E-state index contributed by atoms with van der Waals surface area (Å²) >= 11 is 0. The smallest absolute Gasteiger partial charge is 0.255 e. The van der Waals surface area contributed by atoms with Crippen LogP contribution in [0.4, 0.5) is 45.5 Å². The Balaban J connectivity index is 1.14. The van der Waals surface area contributed by atoms with Gasteiger partial charge in [0.05, 0.1) is 0 Å². The van der Waals surface area contributed by atoms with Gasteiger partial charge in [0.25, 0.3) is 5.91 Å². The number of anilines is 8. The van der Waals surface area contributed by atoms with E-state index in [0.717, 1.165) is 39.8 Å². The predicted octanol–water partition coefficient (Wildman–Crippen LogP) is 6.85. The largest absolute Gasteiger partial charge is 0.399 e. The van der Waals surface area contributed by atoms with Gasteiger partial charge >= 0.3 is 0 Å². The van der Waals surface area contributed by atoms with Crippen LogP contribution in [0, 0.1) is 0 Å². The lowest BCUT2D eigenvalue weighted by Crippen LogP contribution is -2.15. The highest BCUT2D eigenvalue weighted by Gasteiger charge is 2.09. The Morgan fingerprint density at radius 3 is 1.23 bits per heavy atom. The molecule has 0 saturated carbocycles. The lowest BCUT2D eigenvalue weighted by molar-refractivity contribution is 0.1000. The van der Waals surface area contributed by atoms with Gasteiger partial charge in [-0.25, -0.2) is 0 Å². The van der Waals surface area contributed by atoms with Gasteiger partial charge in [0.1, 0.15) is 0 Å². The quantitative estimate of drug-likeness (QED) is 0.116. The van der Waals surface area contributed by atoms with Gasteiger partial charge in [0, 0.05) is 56.6 Å². The number of nitrogen functional groups attached to an aromatic ring is 1. The average Bonchev–Trinajstić information content (AvgIpc) is 2.97. The summed E-state index contributed by atoms with van der Waals surface area (Å²) in [5.74, 6) is -0.897. The highest BCUT2D eigenvalue weighted by atomic mass is 16.2. The fourth-order valence-electron chi connectivity index (χ4n) is 3.99. The maximum atomic E-state index is 12.5. The van der Waals surface area contributed by atoms with Gasteiger partial charge in [-0.1, -0.05) is 6.07 Å². The molecule has 0 aliphatic carbocycles. The molecular formula is C32H28N6O2. The van der Waals surface area contributed by atoms with Gasteiger partial charge in [0.15, 0.2) is 0 Å². The van der Waals surface area contributed by atoms with Gasteiger partial charge in [-0.15, -0.1) is 0 Å². The first-order valence-corrected chi connectivity index (χ1v) is 12.6. The molecule has 0 aromatic heterocycles. The minimum absolute atomic E-state index is 0.286. The SMILES string of the molecule is NC(=O)c1cccc(C(=O)Nc2ccc(Nc3ccc(Nc4ccc(Nc5ccc(N)cc5)cc4)cc3)cc2)c1. The fraction of sp³-hybridized carbons (Fsp3) is 0. The van der Waals surface area contributed by atoms with Crippen LogP contribution in [0.15, 0.2) is 121 Å². The van der Waals surface area contributed by atoms with E-state index in [1.54, 1.807) is 30.3 Å². The first-order valence-electron chi connectivity index (χ1n) is 12.6. The zero-order chi connectivity index (χ0) is 27.9. The molecule has 0 spiro atoms. The molecule has 5 rings (SSSR count). The Labute approximate surface area is 232 Å². The Bertz CT molecular complexity index is 1620. The second-order valence-electron chi connectivity index (χ2n) is 9.13. The molecule has 0 bridgehead atoms. The van der Waals surface area contributed by atoms with E-state index in [-0.39, 0.29) is 11.5 Å². The summed E-state index contributed by atoms with van der Waals surface area (Å²) in [6.45, 7) is 0. The molecule has 0 radical (unpaired) electrons. The molecular weight excluding hydrogens is 500 g/mol. The Hall–Kier alpha value is -5.76. The van der Waals surface area contributed by atoms with Gasteiger partial charge in [-0.3, -0.25) is 9.59 Å². The molecule has 8 N–H and O–H groups in total. The molecule has 0 atom stereocenters. The standard InChI is InChI=1S/C32H28N6O2/c33-23-4-6-24(7-5-23)35-25-8-10-26(11-9-25)36-27-12-14-28(15-13-27)37-29-16-18-30(19-17-29)38-32(40)22-3-1-2-21(20-22)31(34)39/h1-20,35-37H,33H2,(H2,34,39)(H,38,40). The summed E-state index contributed by atoms with van der Waals surface area (Å²) in [5, 5.41) is 12.9. The van der Waals surface area contributed by atoms with E-state index in [1.165, 1.54) is 6.07 Å². The van der Waals surface area contributed by atoms with Crippen LogP contribution in [0.25, 0.3) is 0 Å². The second-order valence-corrected chi connectivity index (χ2v) is 9.13. The molecule has 2 amide bonds. The number of hydrogen-bond acceptors (Lipinski definition) is 6. The molecule has 0 unspecified atom stereocenters. The van der Waals surface area contributed by atoms with Gasteiger partial charge in [-0.2, -0.15) is 0 Å². The van der Waals surface area contributed by atoms with Crippen LogP contribution in [-0.2, 0) is 0 Å². The third kappa shape index (κ3) is 6.76. The molecule has 5 aromatic rings. The van der Waals surface area contributed by atoms with Gasteiger partial charge in [-0.05, 0) is 115 Å². The van der Waals surface area contributed by atoms with E-state index in [2.05, 4.69) is 21.3 Å². The van der Waals surface area contributed by atoms with E-state index < -0.39 is 5.91 Å². The first-order chi connectivity index (χ1) is 19.4. The highest BCUT2D eigenvalue weighted by Crippen LogP contribution is 2.25. The monoisotopic (exact) mass is 528 g/mol. The van der Waals surface area contributed by atoms with E-state index in [0.29, 0.717) is 11.3 Å². The lowest BCUT2D eigenvalue weighted by atomic mass is 10.1. The average molecular weight is 529 g/mol. The van der Waals surface area contributed by atoms with Crippen molar-refractivity contribution in [1.82, 2.24) is 0 Å². The molecule has 0 aliphatic rings. The summed E-state index contributed by atoms with van der Waals surface area (Å²) in [4.78, 5) is 23.9. The number of amides is 2. The lowest BCUT2D eigenvalue weighted by Gasteiger charge is -2.11. The van der Waals surface area contributed by atoms with Crippen LogP contribution >= 0.6 is 0 Å². The van der Waals surface area contributed by atoms with Crippen molar-refractivity contribution in [2.45, 2.75) is 0 Å². The minimum atomic E-state index is -0.577. The van der Waals surface area contributed by atoms with Crippen LogP contribution in [0.2, 0.25) is 0 Å². The molecule has 8 nitrogen and oxygen atoms in total. The number of nitrogens with one attached hydrogen (secondary N) is 4. The van der Waals surface area contributed by atoms with Crippen LogP contribution in [0.1, 0.15) is 20.7 Å². The van der Waals surface area contributed by atoms with Crippen molar-refractivity contribution < 1.29 is 9.59 Å². The molecule has 5 aromatic carbocycles. The first kappa shape index (κ1) is 25.9. The molecule has 0 heterocycles. The van der Waals surface area contributed by atoms with Crippen molar-refractivity contribution in [3.05, 3.63) is 132 Å². The third-order valence-corrected chi connectivity index (χ3v) is 6.10.